The lowest BCUT2D eigenvalue weighted by molar-refractivity contribution is -0.137. The van der Waals surface area contributed by atoms with Crippen LogP contribution in [0.1, 0.15) is 50.4 Å². The molecule has 7 heteroatoms. The van der Waals surface area contributed by atoms with E-state index in [-0.39, 0.29) is 17.2 Å². The number of hydrogen-bond donors (Lipinski definition) is 1. The average molecular weight is 366 g/mol. The Morgan fingerprint density at radius 3 is 2.46 bits per heavy atom. The molecule has 1 heterocycles. The van der Waals surface area contributed by atoms with Crippen LogP contribution in [0.15, 0.2) is 22.7 Å². The Kier molecular flexibility index (Phi) is 4.58. The number of benzene rings is 1. The van der Waals surface area contributed by atoms with Crippen molar-refractivity contribution in [1.29, 1.82) is 0 Å². The first-order valence-electron chi connectivity index (χ1n) is 8.57. The Hall–Kier alpha value is -2.31. The number of nitrogens with one attached hydrogen (secondary N) is 1. The predicted molar refractivity (Wildman–Crippen MR) is 91.7 cm³/mol. The first kappa shape index (κ1) is 18.5. The quantitative estimate of drug-likeness (QED) is 0.792. The summed E-state index contributed by atoms with van der Waals surface area (Å²) in [5, 5.41) is 6.59. The van der Waals surface area contributed by atoms with Gasteiger partial charge in [0.15, 0.2) is 5.76 Å². The van der Waals surface area contributed by atoms with Gasteiger partial charge < -0.3 is 9.84 Å². The van der Waals surface area contributed by atoms with Crippen LogP contribution in [-0.4, -0.2) is 11.1 Å². The van der Waals surface area contributed by atoms with E-state index in [0.717, 1.165) is 49.1 Å². The second-order valence-corrected chi connectivity index (χ2v) is 7.64. The molecule has 0 radical (unpaired) electrons. The van der Waals surface area contributed by atoms with Crippen LogP contribution in [0.25, 0.3) is 11.3 Å². The van der Waals surface area contributed by atoms with Crippen LogP contribution >= 0.6 is 0 Å². The molecular weight excluding hydrogens is 345 g/mol. The van der Waals surface area contributed by atoms with Crippen LogP contribution in [0.3, 0.4) is 0 Å². The van der Waals surface area contributed by atoms with E-state index in [1.54, 1.807) is 20.8 Å². The Balaban J connectivity index is 2.06. The molecular formula is C19H21F3N2O2. The molecule has 1 aliphatic carbocycles. The van der Waals surface area contributed by atoms with Gasteiger partial charge in [0, 0.05) is 22.2 Å². The van der Waals surface area contributed by atoms with E-state index in [4.69, 9.17) is 4.52 Å². The number of carbonyl (C=O) groups excluding carboxylic acids is 1. The fraction of sp³-hybridized carbons (Fsp3) is 0.474. The number of alkyl halides is 3. The molecule has 140 valence electrons. The third-order valence-electron chi connectivity index (χ3n) is 4.42. The van der Waals surface area contributed by atoms with Crippen LogP contribution < -0.4 is 5.32 Å². The number of hydrogen-bond acceptors (Lipinski definition) is 3. The number of anilines is 1. The lowest BCUT2D eigenvalue weighted by atomic mass is 9.93. The van der Waals surface area contributed by atoms with Gasteiger partial charge in [0.1, 0.15) is 0 Å². The lowest BCUT2D eigenvalue weighted by Crippen LogP contribution is -2.27. The fourth-order valence-corrected chi connectivity index (χ4v) is 2.93. The van der Waals surface area contributed by atoms with Gasteiger partial charge >= 0.3 is 6.18 Å². The number of rotatable bonds is 2. The van der Waals surface area contributed by atoms with Gasteiger partial charge in [-0.2, -0.15) is 13.2 Å². The van der Waals surface area contributed by atoms with E-state index >= 15 is 0 Å². The molecule has 0 aliphatic heterocycles. The Morgan fingerprint density at radius 2 is 1.81 bits per heavy atom. The minimum atomic E-state index is -4.53. The van der Waals surface area contributed by atoms with E-state index in [1.807, 2.05) is 0 Å². The maximum absolute atomic E-state index is 13.3. The average Bonchev–Trinajstić information content (AvgIpc) is 2.97. The number of aryl methyl sites for hydroxylation is 1. The SMILES string of the molecule is CC(C)(C)C(=O)Nc1cc(-c2onc3c2CCCC3)cc(C(F)(F)F)c1. The predicted octanol–water partition coefficient (Wildman–Crippen LogP) is 5.22. The molecule has 1 aliphatic rings. The zero-order valence-electron chi connectivity index (χ0n) is 15.0. The van der Waals surface area contributed by atoms with Gasteiger partial charge in [-0.1, -0.05) is 25.9 Å². The zero-order chi connectivity index (χ0) is 19.1. The lowest BCUT2D eigenvalue weighted by Gasteiger charge is -2.19. The first-order chi connectivity index (χ1) is 12.1. The Bertz CT molecular complexity index is 832. The summed E-state index contributed by atoms with van der Waals surface area (Å²) >= 11 is 0. The van der Waals surface area contributed by atoms with Crippen LogP contribution in [0.2, 0.25) is 0 Å². The first-order valence-corrected chi connectivity index (χ1v) is 8.57. The summed E-state index contributed by atoms with van der Waals surface area (Å²) in [6, 6.07) is 3.49. The minimum absolute atomic E-state index is 0.0932. The molecule has 1 amide bonds. The molecule has 0 bridgehead atoms. The number of halogens is 3. The molecule has 0 saturated carbocycles. The Morgan fingerprint density at radius 1 is 1.12 bits per heavy atom. The largest absolute Gasteiger partial charge is 0.416 e. The minimum Gasteiger partial charge on any atom is -0.356 e. The highest BCUT2D eigenvalue weighted by Gasteiger charge is 2.33. The van der Waals surface area contributed by atoms with Crippen molar-refractivity contribution in [3.05, 3.63) is 35.0 Å². The Labute approximate surface area is 149 Å². The van der Waals surface area contributed by atoms with Crippen LogP contribution in [-0.2, 0) is 23.8 Å². The van der Waals surface area contributed by atoms with Crippen molar-refractivity contribution in [2.75, 3.05) is 5.32 Å². The van der Waals surface area contributed by atoms with Gasteiger partial charge in [-0.15, -0.1) is 0 Å². The number of amides is 1. The van der Waals surface area contributed by atoms with Crippen molar-refractivity contribution < 1.29 is 22.5 Å². The number of carbonyl (C=O) groups is 1. The summed E-state index contributed by atoms with van der Waals surface area (Å²) < 4.78 is 45.4. The third kappa shape index (κ3) is 3.76. The molecule has 0 fully saturated rings. The van der Waals surface area contributed by atoms with Crippen LogP contribution in [0, 0.1) is 5.41 Å². The highest BCUT2D eigenvalue weighted by Crippen LogP contribution is 2.38. The molecule has 0 saturated heterocycles. The third-order valence-corrected chi connectivity index (χ3v) is 4.42. The van der Waals surface area contributed by atoms with E-state index in [9.17, 15) is 18.0 Å². The van der Waals surface area contributed by atoms with Gasteiger partial charge in [-0.3, -0.25) is 4.79 Å². The van der Waals surface area contributed by atoms with E-state index in [0.29, 0.717) is 5.76 Å². The summed E-state index contributed by atoms with van der Waals surface area (Å²) in [7, 11) is 0. The standard InChI is InChI=1S/C19H21F3N2O2/c1-18(2,3)17(25)23-13-9-11(8-12(10-13)19(20,21)22)16-14-6-4-5-7-15(14)24-26-16/h8-10H,4-7H2,1-3H3,(H,23,25). The highest BCUT2D eigenvalue weighted by atomic mass is 19.4. The van der Waals surface area contributed by atoms with Crippen LogP contribution in [0.5, 0.6) is 0 Å². The fourth-order valence-electron chi connectivity index (χ4n) is 2.93. The van der Waals surface area contributed by atoms with Crippen molar-refractivity contribution in [3.8, 4) is 11.3 Å². The molecule has 0 spiro atoms. The summed E-state index contributed by atoms with van der Waals surface area (Å²) in [6.07, 6.45) is -1.08. The normalized spacial score (nSPS) is 14.8. The maximum Gasteiger partial charge on any atom is 0.416 e. The maximum atomic E-state index is 13.3. The smallest absolute Gasteiger partial charge is 0.356 e. The van der Waals surface area contributed by atoms with Gasteiger partial charge in [-0.05, 0) is 43.9 Å². The van der Waals surface area contributed by atoms with Crippen molar-refractivity contribution in [2.45, 2.75) is 52.6 Å². The molecule has 0 unspecified atom stereocenters. The van der Waals surface area contributed by atoms with Gasteiger partial charge in [-0.25, -0.2) is 0 Å². The molecule has 4 nitrogen and oxygen atoms in total. The van der Waals surface area contributed by atoms with E-state index in [2.05, 4.69) is 10.5 Å². The monoisotopic (exact) mass is 366 g/mol. The van der Waals surface area contributed by atoms with E-state index in [1.165, 1.54) is 6.07 Å². The van der Waals surface area contributed by atoms with Crippen LogP contribution in [0.4, 0.5) is 18.9 Å². The summed E-state index contributed by atoms with van der Waals surface area (Å²) in [6.45, 7) is 5.09. The molecule has 1 aromatic carbocycles. The number of nitrogens with zero attached hydrogens (tertiary/aromatic N) is 1. The molecule has 1 N–H and O–H groups in total. The number of aromatic nitrogens is 1. The zero-order valence-corrected chi connectivity index (χ0v) is 15.0. The van der Waals surface area contributed by atoms with Crippen molar-refractivity contribution in [2.24, 2.45) is 5.41 Å². The summed E-state index contributed by atoms with van der Waals surface area (Å²) in [5.74, 6) is -0.000527. The summed E-state index contributed by atoms with van der Waals surface area (Å²) in [5.41, 5.74) is 0.489. The topological polar surface area (TPSA) is 55.1 Å². The highest BCUT2D eigenvalue weighted by molar-refractivity contribution is 5.95. The molecule has 0 atom stereocenters. The second kappa shape index (κ2) is 6.45. The van der Waals surface area contributed by atoms with Gasteiger partial charge in [0.05, 0.1) is 11.3 Å². The van der Waals surface area contributed by atoms with Crippen molar-refractivity contribution in [3.63, 3.8) is 0 Å². The molecule has 2 aromatic rings. The summed E-state index contributed by atoms with van der Waals surface area (Å²) in [4.78, 5) is 12.2. The molecule has 26 heavy (non-hydrogen) atoms. The van der Waals surface area contributed by atoms with E-state index < -0.39 is 17.2 Å². The van der Waals surface area contributed by atoms with Gasteiger partial charge in [0.2, 0.25) is 5.91 Å². The van der Waals surface area contributed by atoms with Crippen molar-refractivity contribution in [1.82, 2.24) is 5.16 Å². The molecule has 1 aromatic heterocycles. The van der Waals surface area contributed by atoms with Gasteiger partial charge in [0.25, 0.3) is 0 Å². The molecule has 3 rings (SSSR count). The number of fused-ring (bicyclic) bond motifs is 1. The second-order valence-electron chi connectivity index (χ2n) is 7.64. The van der Waals surface area contributed by atoms with Crippen molar-refractivity contribution >= 4 is 11.6 Å².